The lowest BCUT2D eigenvalue weighted by Gasteiger charge is -2.19. The third kappa shape index (κ3) is 4.77. The lowest BCUT2D eigenvalue weighted by atomic mass is 10.1. The minimum Gasteiger partial charge on any atom is -0.472 e. The molecule has 0 spiro atoms. The van der Waals surface area contributed by atoms with Gasteiger partial charge in [-0.2, -0.15) is 0 Å². The van der Waals surface area contributed by atoms with E-state index in [1.807, 2.05) is 30.3 Å². The molecule has 0 saturated carbocycles. The zero-order valence-corrected chi connectivity index (χ0v) is 14.0. The molecule has 1 aromatic carbocycles. The van der Waals surface area contributed by atoms with E-state index in [2.05, 4.69) is 22.4 Å². The van der Waals surface area contributed by atoms with Crippen LogP contribution in [0.5, 0.6) is 5.88 Å². The molecular weight excluding hydrogens is 304 g/mol. The quantitative estimate of drug-likeness (QED) is 0.807. The van der Waals surface area contributed by atoms with Crippen LogP contribution in [0.2, 0.25) is 0 Å². The molecule has 2 aromatic rings. The van der Waals surface area contributed by atoms with E-state index in [0.29, 0.717) is 19.1 Å². The molecule has 5 nitrogen and oxygen atoms in total. The van der Waals surface area contributed by atoms with Gasteiger partial charge in [0.2, 0.25) is 5.88 Å². The second-order valence-electron chi connectivity index (χ2n) is 5.91. The molecule has 0 radical (unpaired) electrons. The first kappa shape index (κ1) is 16.9. The number of methoxy groups -OCH3 is 1. The van der Waals surface area contributed by atoms with Gasteiger partial charge in [-0.1, -0.05) is 30.3 Å². The predicted molar refractivity (Wildman–Crippen MR) is 92.0 cm³/mol. The van der Waals surface area contributed by atoms with Crippen LogP contribution in [0, 0.1) is 0 Å². The molecule has 128 valence electrons. The van der Waals surface area contributed by atoms with Gasteiger partial charge in [-0.15, -0.1) is 0 Å². The zero-order chi connectivity index (χ0) is 16.6. The summed E-state index contributed by atoms with van der Waals surface area (Å²) in [6.07, 6.45) is 2.83. The minimum atomic E-state index is 0.117. The van der Waals surface area contributed by atoms with Crippen LogP contribution in [-0.2, 0) is 16.0 Å². The monoisotopic (exact) mass is 328 g/mol. The Hall–Kier alpha value is -1.95. The largest absolute Gasteiger partial charge is 0.472 e. The van der Waals surface area contributed by atoms with Crippen LogP contribution in [0.15, 0.2) is 48.7 Å². The summed E-state index contributed by atoms with van der Waals surface area (Å²) >= 11 is 0. The Labute approximate surface area is 143 Å². The maximum atomic E-state index is 5.87. The van der Waals surface area contributed by atoms with Crippen LogP contribution in [-0.4, -0.2) is 38.0 Å². The van der Waals surface area contributed by atoms with Gasteiger partial charge in [0.05, 0.1) is 25.9 Å². The van der Waals surface area contributed by atoms with Crippen molar-refractivity contribution in [3.8, 4) is 5.88 Å². The van der Waals surface area contributed by atoms with Crippen molar-refractivity contribution in [1.82, 2.24) is 10.3 Å². The van der Waals surface area contributed by atoms with Gasteiger partial charge in [-0.3, -0.25) is 0 Å². The Bertz CT molecular complexity index is 615. The van der Waals surface area contributed by atoms with Crippen LogP contribution in [0.1, 0.15) is 23.6 Å². The van der Waals surface area contributed by atoms with E-state index in [1.54, 1.807) is 13.3 Å². The summed E-state index contributed by atoms with van der Waals surface area (Å²) in [4.78, 5) is 4.29. The lowest BCUT2D eigenvalue weighted by molar-refractivity contribution is 0.138. The van der Waals surface area contributed by atoms with E-state index < -0.39 is 0 Å². The maximum absolute atomic E-state index is 5.87. The van der Waals surface area contributed by atoms with Gasteiger partial charge in [-0.25, -0.2) is 4.98 Å². The summed E-state index contributed by atoms with van der Waals surface area (Å²) in [6.45, 7) is 2.76. The van der Waals surface area contributed by atoms with Gasteiger partial charge in [0.25, 0.3) is 0 Å². The van der Waals surface area contributed by atoms with Gasteiger partial charge in [0, 0.05) is 32.3 Å². The molecule has 2 atom stereocenters. The number of ether oxygens (including phenoxy) is 3. The SMILES string of the molecule is COC[C@H](NCc1ccnc(O[C@@H]2CCOC2)c1)c1ccccc1. The molecule has 1 fully saturated rings. The molecule has 1 N–H and O–H groups in total. The third-order valence-corrected chi connectivity index (χ3v) is 4.06. The highest BCUT2D eigenvalue weighted by atomic mass is 16.5. The van der Waals surface area contributed by atoms with Gasteiger partial charge in [0.1, 0.15) is 6.10 Å². The Morgan fingerprint density at radius 3 is 2.92 bits per heavy atom. The highest BCUT2D eigenvalue weighted by Crippen LogP contribution is 2.17. The van der Waals surface area contributed by atoms with Crippen molar-refractivity contribution < 1.29 is 14.2 Å². The minimum absolute atomic E-state index is 0.117. The number of benzene rings is 1. The highest BCUT2D eigenvalue weighted by molar-refractivity contribution is 5.22. The molecule has 1 aliphatic heterocycles. The normalized spacial score (nSPS) is 18.5. The molecule has 0 unspecified atom stereocenters. The summed E-state index contributed by atoms with van der Waals surface area (Å²) in [7, 11) is 1.72. The van der Waals surface area contributed by atoms with Crippen molar-refractivity contribution in [3.63, 3.8) is 0 Å². The molecule has 5 heteroatoms. The fourth-order valence-corrected chi connectivity index (χ4v) is 2.77. The number of aromatic nitrogens is 1. The van der Waals surface area contributed by atoms with Crippen molar-refractivity contribution >= 4 is 0 Å². The Balaban J connectivity index is 1.60. The first-order chi connectivity index (χ1) is 11.8. The number of pyridine rings is 1. The van der Waals surface area contributed by atoms with Crippen LogP contribution >= 0.6 is 0 Å². The van der Waals surface area contributed by atoms with E-state index in [-0.39, 0.29) is 12.1 Å². The summed E-state index contributed by atoms with van der Waals surface area (Å²) in [5, 5.41) is 3.54. The Kier molecular flexibility index (Phi) is 6.18. The van der Waals surface area contributed by atoms with Gasteiger partial charge < -0.3 is 19.5 Å². The Morgan fingerprint density at radius 2 is 2.17 bits per heavy atom. The van der Waals surface area contributed by atoms with Crippen LogP contribution in [0.3, 0.4) is 0 Å². The van der Waals surface area contributed by atoms with Crippen molar-refractivity contribution in [2.24, 2.45) is 0 Å². The number of hydrogen-bond donors (Lipinski definition) is 1. The molecule has 24 heavy (non-hydrogen) atoms. The number of hydrogen-bond acceptors (Lipinski definition) is 5. The first-order valence-electron chi connectivity index (χ1n) is 8.32. The average Bonchev–Trinajstić information content (AvgIpc) is 3.13. The van der Waals surface area contributed by atoms with E-state index in [4.69, 9.17) is 14.2 Å². The van der Waals surface area contributed by atoms with Crippen molar-refractivity contribution in [3.05, 3.63) is 59.8 Å². The summed E-state index contributed by atoms with van der Waals surface area (Å²) in [5.41, 5.74) is 2.35. The van der Waals surface area contributed by atoms with E-state index in [1.165, 1.54) is 5.56 Å². The van der Waals surface area contributed by atoms with Crippen molar-refractivity contribution in [2.75, 3.05) is 26.9 Å². The second-order valence-corrected chi connectivity index (χ2v) is 5.91. The summed E-state index contributed by atoms with van der Waals surface area (Å²) < 4.78 is 16.5. The maximum Gasteiger partial charge on any atom is 0.213 e. The van der Waals surface area contributed by atoms with E-state index in [0.717, 1.165) is 25.1 Å². The zero-order valence-electron chi connectivity index (χ0n) is 14.0. The molecular formula is C19H24N2O3. The average molecular weight is 328 g/mol. The number of nitrogens with one attached hydrogen (secondary N) is 1. The van der Waals surface area contributed by atoms with E-state index >= 15 is 0 Å². The van der Waals surface area contributed by atoms with Crippen molar-refractivity contribution in [2.45, 2.75) is 25.1 Å². The number of rotatable bonds is 8. The van der Waals surface area contributed by atoms with Gasteiger partial charge in [0.15, 0.2) is 0 Å². The van der Waals surface area contributed by atoms with E-state index in [9.17, 15) is 0 Å². The summed E-state index contributed by atoms with van der Waals surface area (Å²) in [6, 6.07) is 14.5. The van der Waals surface area contributed by atoms with Gasteiger partial charge in [-0.05, 0) is 17.2 Å². The molecule has 0 amide bonds. The topological polar surface area (TPSA) is 52.6 Å². The van der Waals surface area contributed by atoms with Crippen LogP contribution in [0.4, 0.5) is 0 Å². The Morgan fingerprint density at radius 1 is 1.29 bits per heavy atom. The van der Waals surface area contributed by atoms with Crippen LogP contribution in [0.25, 0.3) is 0 Å². The third-order valence-electron chi connectivity index (χ3n) is 4.06. The predicted octanol–water partition coefficient (Wildman–Crippen LogP) is 2.73. The molecule has 1 saturated heterocycles. The second kappa shape index (κ2) is 8.78. The molecule has 0 bridgehead atoms. The van der Waals surface area contributed by atoms with Crippen molar-refractivity contribution in [1.29, 1.82) is 0 Å². The summed E-state index contributed by atoms with van der Waals surface area (Å²) in [5.74, 6) is 0.660. The molecule has 3 rings (SSSR count). The highest BCUT2D eigenvalue weighted by Gasteiger charge is 2.18. The fraction of sp³-hybridized carbons (Fsp3) is 0.421. The van der Waals surface area contributed by atoms with Crippen LogP contribution < -0.4 is 10.1 Å². The lowest BCUT2D eigenvalue weighted by Crippen LogP contribution is -2.25. The molecule has 1 aliphatic rings. The standard InChI is InChI=1S/C19H24N2O3/c1-22-14-18(16-5-3-2-4-6-16)21-12-15-7-9-20-19(11-15)24-17-8-10-23-13-17/h2-7,9,11,17-18,21H,8,10,12-14H2,1H3/t17-,18+/m1/s1. The molecule has 0 aliphatic carbocycles. The molecule has 1 aromatic heterocycles. The number of nitrogens with zero attached hydrogens (tertiary/aromatic N) is 1. The molecule has 2 heterocycles. The van der Waals surface area contributed by atoms with Gasteiger partial charge >= 0.3 is 0 Å². The smallest absolute Gasteiger partial charge is 0.213 e. The first-order valence-corrected chi connectivity index (χ1v) is 8.32. The fourth-order valence-electron chi connectivity index (χ4n) is 2.77.